The van der Waals surface area contributed by atoms with Crippen molar-refractivity contribution in [3.05, 3.63) is 47.8 Å². The molecule has 28 heavy (non-hydrogen) atoms. The van der Waals surface area contributed by atoms with Crippen molar-refractivity contribution < 1.29 is 9.50 Å². The minimum atomic E-state index is -0.824. The van der Waals surface area contributed by atoms with Crippen LogP contribution in [0.4, 0.5) is 10.2 Å². The molecule has 2 fully saturated rings. The van der Waals surface area contributed by atoms with Crippen LogP contribution in [0.5, 0.6) is 0 Å². The van der Waals surface area contributed by atoms with Crippen molar-refractivity contribution in [2.24, 2.45) is 0 Å². The lowest BCUT2D eigenvalue weighted by Gasteiger charge is -2.26. The molecule has 1 saturated carbocycles. The van der Waals surface area contributed by atoms with E-state index < -0.39 is 6.17 Å². The largest absolute Gasteiger partial charge is 0.392 e. The number of piperidine rings is 1. The third-order valence-corrected chi connectivity index (χ3v) is 5.62. The van der Waals surface area contributed by atoms with Gasteiger partial charge in [-0.05, 0) is 48.1 Å². The van der Waals surface area contributed by atoms with Gasteiger partial charge in [0, 0.05) is 31.7 Å². The number of nitrogens with one attached hydrogen (secondary N) is 2. The quantitative estimate of drug-likeness (QED) is 0.634. The zero-order chi connectivity index (χ0) is 19.1. The van der Waals surface area contributed by atoms with Gasteiger partial charge < -0.3 is 15.7 Å². The van der Waals surface area contributed by atoms with Gasteiger partial charge in [0.1, 0.15) is 17.6 Å². The first-order valence-electron chi connectivity index (χ1n) is 9.91. The van der Waals surface area contributed by atoms with E-state index in [1.807, 2.05) is 30.5 Å². The van der Waals surface area contributed by atoms with E-state index in [9.17, 15) is 9.50 Å². The van der Waals surface area contributed by atoms with Crippen LogP contribution in [0.25, 0.3) is 17.0 Å². The molecule has 146 valence electrons. The summed E-state index contributed by atoms with van der Waals surface area (Å²) >= 11 is 0. The highest BCUT2D eigenvalue weighted by Crippen LogP contribution is 2.42. The van der Waals surface area contributed by atoms with Crippen molar-refractivity contribution in [2.45, 2.75) is 44.0 Å². The topological polar surface area (TPSA) is 74.5 Å². The molecular formula is C21H24FN5O. The van der Waals surface area contributed by atoms with Crippen LogP contribution >= 0.6 is 0 Å². The smallest absolute Gasteiger partial charge is 0.137 e. The number of halogens is 1. The molecule has 4 heterocycles. The van der Waals surface area contributed by atoms with Crippen LogP contribution in [0, 0.1) is 0 Å². The second-order valence-electron chi connectivity index (χ2n) is 7.80. The first-order chi connectivity index (χ1) is 13.7. The van der Waals surface area contributed by atoms with Crippen molar-refractivity contribution in [1.82, 2.24) is 19.7 Å². The number of aliphatic hydroxyl groups is 1. The third kappa shape index (κ3) is 3.36. The molecule has 2 atom stereocenters. The van der Waals surface area contributed by atoms with Crippen LogP contribution in [0.2, 0.25) is 0 Å². The van der Waals surface area contributed by atoms with Crippen LogP contribution in [0.15, 0.2) is 36.7 Å². The summed E-state index contributed by atoms with van der Waals surface area (Å²) in [6.45, 7) is 1.19. The van der Waals surface area contributed by atoms with Gasteiger partial charge in [-0.3, -0.25) is 4.40 Å². The Morgan fingerprint density at radius 2 is 2.18 bits per heavy atom. The Morgan fingerprint density at radius 3 is 2.96 bits per heavy atom. The first kappa shape index (κ1) is 17.6. The Balaban J connectivity index is 1.47. The van der Waals surface area contributed by atoms with E-state index in [1.165, 1.54) is 18.4 Å². The fraction of sp³-hybridized carbons (Fsp3) is 0.429. The molecule has 0 aromatic carbocycles. The number of pyridine rings is 2. The molecule has 3 aromatic heterocycles. The molecule has 1 aliphatic heterocycles. The lowest BCUT2D eigenvalue weighted by molar-refractivity contribution is 0.255. The fourth-order valence-corrected chi connectivity index (χ4v) is 4.03. The Hall–Kier alpha value is -2.51. The van der Waals surface area contributed by atoms with Crippen molar-refractivity contribution >= 4 is 11.5 Å². The molecule has 5 rings (SSSR count). The summed E-state index contributed by atoms with van der Waals surface area (Å²) in [7, 11) is 0. The van der Waals surface area contributed by atoms with E-state index in [-0.39, 0.29) is 12.6 Å². The molecule has 3 aromatic rings. The number of hydrogen-bond acceptors (Lipinski definition) is 5. The lowest BCUT2D eigenvalue weighted by Crippen LogP contribution is -2.44. The molecule has 3 N–H and O–H groups in total. The highest BCUT2D eigenvalue weighted by Gasteiger charge is 2.27. The molecular weight excluding hydrogens is 357 g/mol. The average molecular weight is 381 g/mol. The predicted octanol–water partition coefficient (Wildman–Crippen LogP) is 2.88. The van der Waals surface area contributed by atoms with Crippen LogP contribution in [0.3, 0.4) is 0 Å². The maximum absolute atomic E-state index is 13.6. The summed E-state index contributed by atoms with van der Waals surface area (Å²) < 4.78 is 15.7. The zero-order valence-electron chi connectivity index (χ0n) is 15.6. The van der Waals surface area contributed by atoms with Crippen LogP contribution in [-0.4, -0.2) is 44.8 Å². The van der Waals surface area contributed by atoms with Gasteiger partial charge in [-0.1, -0.05) is 6.07 Å². The summed E-state index contributed by atoms with van der Waals surface area (Å²) in [6, 6.07) is 7.82. The zero-order valence-corrected chi connectivity index (χ0v) is 15.6. The number of nitrogens with zero attached hydrogens (tertiary/aromatic N) is 3. The van der Waals surface area contributed by atoms with E-state index in [4.69, 9.17) is 4.98 Å². The van der Waals surface area contributed by atoms with E-state index in [0.717, 1.165) is 35.0 Å². The van der Waals surface area contributed by atoms with Gasteiger partial charge in [0.15, 0.2) is 0 Å². The third-order valence-electron chi connectivity index (χ3n) is 5.62. The summed E-state index contributed by atoms with van der Waals surface area (Å²) in [5, 5.41) is 16.1. The average Bonchev–Trinajstić information content (AvgIpc) is 3.47. The van der Waals surface area contributed by atoms with Crippen LogP contribution in [-0.2, 0) is 6.61 Å². The van der Waals surface area contributed by atoms with Crippen LogP contribution in [0.1, 0.15) is 36.3 Å². The normalized spacial score (nSPS) is 22.5. The Kier molecular flexibility index (Phi) is 4.49. The molecule has 1 aliphatic carbocycles. The molecule has 0 unspecified atom stereocenters. The molecule has 0 spiro atoms. The number of rotatable bonds is 5. The summed E-state index contributed by atoms with van der Waals surface area (Å²) in [5.41, 5.74) is 4.69. The van der Waals surface area contributed by atoms with E-state index in [2.05, 4.69) is 26.2 Å². The van der Waals surface area contributed by atoms with Gasteiger partial charge in [0.2, 0.25) is 0 Å². The van der Waals surface area contributed by atoms with E-state index in [0.29, 0.717) is 18.9 Å². The second-order valence-corrected chi connectivity index (χ2v) is 7.80. The highest BCUT2D eigenvalue weighted by molar-refractivity contribution is 5.63. The summed E-state index contributed by atoms with van der Waals surface area (Å²) in [6.07, 6.45) is 5.93. The first-order valence-corrected chi connectivity index (χ1v) is 9.91. The summed E-state index contributed by atoms with van der Waals surface area (Å²) in [4.78, 5) is 9.26. The monoisotopic (exact) mass is 381 g/mol. The van der Waals surface area contributed by atoms with Gasteiger partial charge in [0.05, 0.1) is 24.2 Å². The fourth-order valence-electron chi connectivity index (χ4n) is 4.03. The highest BCUT2D eigenvalue weighted by atomic mass is 19.1. The SMILES string of the molecule is OCc1cc2ncc(-c3cccc(N[C@H]4CNC[C@@H](F)C4)n3)n2cc1C1CC1. The number of imidazole rings is 1. The minimum absolute atomic E-state index is 0.0299. The molecule has 6 nitrogen and oxygen atoms in total. The Morgan fingerprint density at radius 1 is 1.29 bits per heavy atom. The van der Waals surface area contributed by atoms with E-state index >= 15 is 0 Å². The van der Waals surface area contributed by atoms with Gasteiger partial charge in [-0.25, -0.2) is 14.4 Å². The Labute approximate surface area is 162 Å². The van der Waals surface area contributed by atoms with Crippen molar-refractivity contribution in [2.75, 3.05) is 18.4 Å². The van der Waals surface area contributed by atoms with Gasteiger partial charge >= 0.3 is 0 Å². The van der Waals surface area contributed by atoms with Crippen molar-refractivity contribution in [3.63, 3.8) is 0 Å². The number of alkyl halides is 1. The predicted molar refractivity (Wildman–Crippen MR) is 106 cm³/mol. The lowest BCUT2D eigenvalue weighted by atomic mass is 10.1. The number of aromatic nitrogens is 3. The molecule has 7 heteroatoms. The Bertz CT molecular complexity index is 1000. The van der Waals surface area contributed by atoms with Crippen molar-refractivity contribution in [3.8, 4) is 11.4 Å². The molecule has 2 aliphatic rings. The second kappa shape index (κ2) is 7.14. The van der Waals surface area contributed by atoms with Gasteiger partial charge in [0.25, 0.3) is 0 Å². The van der Waals surface area contributed by atoms with Crippen LogP contribution < -0.4 is 10.6 Å². The van der Waals surface area contributed by atoms with Gasteiger partial charge in [-0.15, -0.1) is 0 Å². The standard InChI is InChI=1S/C21H24FN5O/c22-15-7-16(9-23-8-15)25-20-3-1-2-18(26-20)19-10-24-21-6-14(12-28)17(11-27(19)21)13-4-5-13/h1-3,6,10-11,13,15-16,23,28H,4-5,7-9,12H2,(H,25,26)/t15-,16+/m0/s1. The molecule has 0 radical (unpaired) electrons. The summed E-state index contributed by atoms with van der Waals surface area (Å²) in [5.74, 6) is 1.28. The van der Waals surface area contributed by atoms with E-state index in [1.54, 1.807) is 0 Å². The number of anilines is 1. The molecule has 0 bridgehead atoms. The maximum Gasteiger partial charge on any atom is 0.137 e. The maximum atomic E-state index is 13.6. The number of hydrogen-bond donors (Lipinski definition) is 3. The molecule has 0 amide bonds. The van der Waals surface area contributed by atoms with Gasteiger partial charge in [-0.2, -0.15) is 0 Å². The van der Waals surface area contributed by atoms with Crippen molar-refractivity contribution in [1.29, 1.82) is 0 Å². The molecule has 1 saturated heterocycles. The number of fused-ring (bicyclic) bond motifs is 1. The number of aliphatic hydroxyl groups excluding tert-OH is 1. The minimum Gasteiger partial charge on any atom is -0.392 e.